The van der Waals surface area contributed by atoms with Gasteiger partial charge in [-0.05, 0) is 30.4 Å². The number of nitrogens with two attached hydrogens (primary N) is 1. The Labute approximate surface area is 104 Å². The molecule has 92 valence electrons. The van der Waals surface area contributed by atoms with Crippen LogP contribution in [0.5, 0.6) is 0 Å². The zero-order valence-electron chi connectivity index (χ0n) is 10.5. The second kappa shape index (κ2) is 5.99. The number of rotatable bonds is 5. The van der Waals surface area contributed by atoms with E-state index >= 15 is 0 Å². The minimum atomic E-state index is 0.283. The molecule has 2 heteroatoms. The van der Waals surface area contributed by atoms with E-state index in [2.05, 4.69) is 48.7 Å². The molecule has 1 aliphatic rings. The van der Waals surface area contributed by atoms with Crippen LogP contribution in [0.1, 0.15) is 36.9 Å². The molecule has 1 aromatic carbocycles. The molecule has 0 amide bonds. The van der Waals surface area contributed by atoms with Crippen LogP contribution >= 0.6 is 0 Å². The third-order valence-electron chi connectivity index (χ3n) is 3.47. The Bertz CT molecular complexity index is 359. The highest BCUT2D eigenvalue weighted by molar-refractivity contribution is 5.25. The van der Waals surface area contributed by atoms with Crippen LogP contribution in [0, 0.1) is 0 Å². The molecule has 3 N–H and O–H groups in total. The molecule has 0 aliphatic heterocycles. The maximum absolute atomic E-state index is 5.87. The highest BCUT2D eigenvalue weighted by atomic mass is 15.0. The van der Waals surface area contributed by atoms with E-state index < -0.39 is 0 Å². The summed E-state index contributed by atoms with van der Waals surface area (Å²) in [4.78, 5) is 0. The largest absolute Gasteiger partial charge is 0.329 e. The molecule has 1 aromatic rings. The minimum absolute atomic E-state index is 0.283. The fourth-order valence-electron chi connectivity index (χ4n) is 2.32. The minimum Gasteiger partial charge on any atom is -0.329 e. The van der Waals surface area contributed by atoms with E-state index in [1.165, 1.54) is 11.1 Å². The van der Waals surface area contributed by atoms with Crippen LogP contribution in [0.2, 0.25) is 0 Å². The monoisotopic (exact) mass is 230 g/mol. The molecule has 2 rings (SSSR count). The predicted molar refractivity (Wildman–Crippen MR) is 72.9 cm³/mol. The van der Waals surface area contributed by atoms with Gasteiger partial charge in [0.25, 0.3) is 0 Å². The maximum atomic E-state index is 5.87. The van der Waals surface area contributed by atoms with Gasteiger partial charge in [-0.3, -0.25) is 0 Å². The first-order valence-electron chi connectivity index (χ1n) is 6.53. The van der Waals surface area contributed by atoms with Crippen molar-refractivity contribution < 1.29 is 0 Å². The molecule has 1 atom stereocenters. The Morgan fingerprint density at radius 3 is 2.41 bits per heavy atom. The lowest BCUT2D eigenvalue weighted by Crippen LogP contribution is -2.35. The number of hydrogen-bond acceptors (Lipinski definition) is 2. The summed E-state index contributed by atoms with van der Waals surface area (Å²) >= 11 is 0. The molecule has 0 aromatic heterocycles. The first kappa shape index (κ1) is 12.3. The summed E-state index contributed by atoms with van der Waals surface area (Å²) in [6, 6.07) is 9.65. The van der Waals surface area contributed by atoms with Crippen molar-refractivity contribution in [2.24, 2.45) is 5.73 Å². The van der Waals surface area contributed by atoms with Crippen molar-refractivity contribution in [2.75, 3.05) is 6.54 Å². The van der Waals surface area contributed by atoms with Crippen LogP contribution in [0.4, 0.5) is 0 Å². The molecular weight excluding hydrogens is 208 g/mol. The van der Waals surface area contributed by atoms with Gasteiger partial charge in [-0.2, -0.15) is 0 Å². The van der Waals surface area contributed by atoms with Crippen LogP contribution < -0.4 is 11.1 Å². The average molecular weight is 230 g/mol. The predicted octanol–water partition coefficient (Wildman–Crippen LogP) is 2.56. The zero-order valence-corrected chi connectivity index (χ0v) is 10.5. The van der Waals surface area contributed by atoms with Crippen molar-refractivity contribution in [1.82, 2.24) is 5.32 Å². The van der Waals surface area contributed by atoms with Crippen molar-refractivity contribution in [3.05, 3.63) is 47.5 Å². The lowest BCUT2D eigenvalue weighted by atomic mass is 10.0. The summed E-state index contributed by atoms with van der Waals surface area (Å²) in [7, 11) is 0. The van der Waals surface area contributed by atoms with Gasteiger partial charge < -0.3 is 11.1 Å². The van der Waals surface area contributed by atoms with Crippen molar-refractivity contribution in [3.8, 4) is 0 Å². The van der Waals surface area contributed by atoms with Gasteiger partial charge in [0.1, 0.15) is 0 Å². The van der Waals surface area contributed by atoms with Crippen LogP contribution in [-0.4, -0.2) is 12.6 Å². The molecule has 0 heterocycles. The van der Waals surface area contributed by atoms with Crippen LogP contribution in [0.15, 0.2) is 36.4 Å². The SMILES string of the molecule is CCc1ccc(C(CN)NC2CC=CC2)cc1. The lowest BCUT2D eigenvalue weighted by molar-refractivity contribution is 0.453. The fraction of sp³-hybridized carbons (Fsp3) is 0.467. The first-order chi connectivity index (χ1) is 8.33. The Kier molecular flexibility index (Phi) is 4.35. The molecule has 0 saturated carbocycles. The molecule has 0 radical (unpaired) electrons. The molecular formula is C15H22N2. The van der Waals surface area contributed by atoms with E-state index in [9.17, 15) is 0 Å². The van der Waals surface area contributed by atoms with E-state index in [1.54, 1.807) is 0 Å². The average Bonchev–Trinajstić information content (AvgIpc) is 2.89. The Balaban J connectivity index is 2.00. The second-order valence-electron chi connectivity index (χ2n) is 4.69. The summed E-state index contributed by atoms with van der Waals surface area (Å²) in [5, 5.41) is 3.63. The van der Waals surface area contributed by atoms with E-state index in [1.807, 2.05) is 0 Å². The number of aryl methyl sites for hydroxylation is 1. The highest BCUT2D eigenvalue weighted by Crippen LogP contribution is 2.18. The standard InChI is InChI=1S/C15H22N2/c1-2-12-7-9-13(10-8-12)15(11-16)17-14-5-3-4-6-14/h3-4,7-10,14-15,17H,2,5-6,11,16H2,1H3. The van der Waals surface area contributed by atoms with Gasteiger partial charge in [0, 0.05) is 18.6 Å². The van der Waals surface area contributed by atoms with Gasteiger partial charge in [-0.25, -0.2) is 0 Å². The summed E-state index contributed by atoms with van der Waals surface area (Å²) in [6.45, 7) is 2.83. The Morgan fingerprint density at radius 1 is 1.24 bits per heavy atom. The van der Waals surface area contributed by atoms with E-state index in [0.717, 1.165) is 19.3 Å². The molecule has 0 spiro atoms. The van der Waals surface area contributed by atoms with Crippen molar-refractivity contribution in [1.29, 1.82) is 0 Å². The molecule has 17 heavy (non-hydrogen) atoms. The quantitative estimate of drug-likeness (QED) is 0.763. The van der Waals surface area contributed by atoms with Gasteiger partial charge in [0.15, 0.2) is 0 Å². The third kappa shape index (κ3) is 3.18. The summed E-state index contributed by atoms with van der Waals surface area (Å²) in [5.74, 6) is 0. The fourth-order valence-corrected chi connectivity index (χ4v) is 2.32. The Morgan fingerprint density at radius 2 is 1.88 bits per heavy atom. The van der Waals surface area contributed by atoms with Gasteiger partial charge in [0.05, 0.1) is 0 Å². The Hall–Kier alpha value is -1.12. The lowest BCUT2D eigenvalue weighted by Gasteiger charge is -2.22. The second-order valence-corrected chi connectivity index (χ2v) is 4.69. The van der Waals surface area contributed by atoms with E-state index in [-0.39, 0.29) is 6.04 Å². The first-order valence-corrected chi connectivity index (χ1v) is 6.53. The van der Waals surface area contributed by atoms with Gasteiger partial charge in [0.2, 0.25) is 0 Å². The van der Waals surface area contributed by atoms with E-state index in [4.69, 9.17) is 5.73 Å². The van der Waals surface area contributed by atoms with Crippen LogP contribution in [0.25, 0.3) is 0 Å². The normalized spacial score (nSPS) is 17.5. The third-order valence-corrected chi connectivity index (χ3v) is 3.47. The molecule has 2 nitrogen and oxygen atoms in total. The highest BCUT2D eigenvalue weighted by Gasteiger charge is 2.16. The zero-order chi connectivity index (χ0) is 12.1. The molecule has 1 aliphatic carbocycles. The van der Waals surface area contributed by atoms with Crippen molar-refractivity contribution >= 4 is 0 Å². The maximum Gasteiger partial charge on any atom is 0.0446 e. The molecule has 0 saturated heterocycles. The number of hydrogen-bond donors (Lipinski definition) is 2. The molecule has 0 bridgehead atoms. The summed E-state index contributed by atoms with van der Waals surface area (Å²) in [6.07, 6.45) is 7.83. The topological polar surface area (TPSA) is 38.0 Å². The molecule has 1 unspecified atom stereocenters. The number of nitrogens with one attached hydrogen (secondary N) is 1. The summed E-state index contributed by atoms with van der Waals surface area (Å²) in [5.41, 5.74) is 8.55. The summed E-state index contributed by atoms with van der Waals surface area (Å²) < 4.78 is 0. The van der Waals surface area contributed by atoms with Gasteiger partial charge in [-0.15, -0.1) is 0 Å². The smallest absolute Gasteiger partial charge is 0.0446 e. The van der Waals surface area contributed by atoms with Crippen LogP contribution in [0.3, 0.4) is 0 Å². The van der Waals surface area contributed by atoms with Crippen LogP contribution in [-0.2, 0) is 6.42 Å². The molecule has 0 fully saturated rings. The van der Waals surface area contributed by atoms with Gasteiger partial charge >= 0.3 is 0 Å². The van der Waals surface area contributed by atoms with Crippen molar-refractivity contribution in [3.63, 3.8) is 0 Å². The van der Waals surface area contributed by atoms with Crippen molar-refractivity contribution in [2.45, 2.75) is 38.3 Å². The van der Waals surface area contributed by atoms with E-state index in [0.29, 0.717) is 12.6 Å². The van der Waals surface area contributed by atoms with Gasteiger partial charge in [-0.1, -0.05) is 43.3 Å². The number of benzene rings is 1.